The van der Waals surface area contributed by atoms with Crippen molar-refractivity contribution in [1.82, 2.24) is 9.80 Å². The second-order valence-corrected chi connectivity index (χ2v) is 9.90. The van der Waals surface area contributed by atoms with E-state index in [0.29, 0.717) is 34.6 Å². The largest absolute Gasteiger partial charge is 0.491 e. The van der Waals surface area contributed by atoms with Gasteiger partial charge in [-0.05, 0) is 65.9 Å². The summed E-state index contributed by atoms with van der Waals surface area (Å²) in [5, 5.41) is 5.98. The Balaban J connectivity index is 1.48. The highest BCUT2D eigenvalue weighted by molar-refractivity contribution is 7.10. The summed E-state index contributed by atoms with van der Waals surface area (Å²) in [5.41, 5.74) is 1.64. The first-order valence-corrected chi connectivity index (χ1v) is 12.7. The van der Waals surface area contributed by atoms with Crippen molar-refractivity contribution in [3.63, 3.8) is 0 Å². The van der Waals surface area contributed by atoms with E-state index in [9.17, 15) is 9.59 Å². The van der Waals surface area contributed by atoms with Gasteiger partial charge < -0.3 is 19.9 Å². The Labute approximate surface area is 218 Å². The molecule has 6 nitrogen and oxygen atoms in total. The van der Waals surface area contributed by atoms with Crippen LogP contribution in [0.25, 0.3) is 0 Å². The maximum atomic E-state index is 13.5. The highest BCUT2D eigenvalue weighted by atomic mass is 35.5. The number of thiophene rings is 1. The van der Waals surface area contributed by atoms with Crippen LogP contribution in [0.2, 0.25) is 10.0 Å². The molecule has 1 aliphatic rings. The van der Waals surface area contributed by atoms with Crippen LogP contribution in [0.5, 0.6) is 5.75 Å². The molecule has 0 spiro atoms. The number of benzene rings is 2. The topological polar surface area (TPSA) is 61.9 Å². The molecule has 3 aromatic rings. The second kappa shape index (κ2) is 11.6. The predicted molar refractivity (Wildman–Crippen MR) is 142 cm³/mol. The van der Waals surface area contributed by atoms with Gasteiger partial charge in [0.15, 0.2) is 0 Å². The summed E-state index contributed by atoms with van der Waals surface area (Å²) in [5.74, 6) is 0.521. The molecular weight excluding hydrogens is 505 g/mol. The standard InChI is InChI=1S/C26H25Cl2N3O3S/c1-2-12-30(26(33)29-20-5-3-4-19(28)15-20)16-25(32)31-13-10-24-22(11-14-35-24)23(31)17-34-21-8-6-18(27)7-9-21/h2-9,11,14-15,23H,1,10,12-13,16-17H2,(H,29,33)/t23-/m0/s1. The molecule has 2 aromatic carbocycles. The summed E-state index contributed by atoms with van der Waals surface area (Å²) in [6.07, 6.45) is 2.37. The van der Waals surface area contributed by atoms with Gasteiger partial charge in [-0.15, -0.1) is 17.9 Å². The number of nitrogens with zero attached hydrogens (tertiary/aromatic N) is 2. The van der Waals surface area contributed by atoms with Gasteiger partial charge in [-0.3, -0.25) is 4.79 Å². The Kier molecular flexibility index (Phi) is 8.33. The summed E-state index contributed by atoms with van der Waals surface area (Å²) in [4.78, 5) is 30.9. The molecule has 1 N–H and O–H groups in total. The Morgan fingerprint density at radius 2 is 1.97 bits per heavy atom. The lowest BCUT2D eigenvalue weighted by Crippen LogP contribution is -2.48. The lowest BCUT2D eigenvalue weighted by Gasteiger charge is -2.37. The van der Waals surface area contributed by atoms with E-state index in [4.69, 9.17) is 27.9 Å². The van der Waals surface area contributed by atoms with Crippen LogP contribution < -0.4 is 10.1 Å². The van der Waals surface area contributed by atoms with Crippen LogP contribution in [0.4, 0.5) is 10.5 Å². The van der Waals surface area contributed by atoms with Crippen molar-refractivity contribution in [1.29, 1.82) is 0 Å². The first-order valence-electron chi connectivity index (χ1n) is 11.1. The van der Waals surface area contributed by atoms with Gasteiger partial charge in [0.1, 0.15) is 18.9 Å². The minimum absolute atomic E-state index is 0.0880. The van der Waals surface area contributed by atoms with E-state index in [1.54, 1.807) is 70.8 Å². The van der Waals surface area contributed by atoms with Gasteiger partial charge in [0, 0.05) is 33.7 Å². The van der Waals surface area contributed by atoms with E-state index in [1.165, 1.54) is 9.78 Å². The summed E-state index contributed by atoms with van der Waals surface area (Å²) < 4.78 is 6.03. The van der Waals surface area contributed by atoms with Crippen LogP contribution >= 0.6 is 34.5 Å². The minimum Gasteiger partial charge on any atom is -0.491 e. The van der Waals surface area contributed by atoms with E-state index in [0.717, 1.165) is 12.0 Å². The van der Waals surface area contributed by atoms with E-state index in [-0.39, 0.29) is 25.0 Å². The monoisotopic (exact) mass is 529 g/mol. The Hall–Kier alpha value is -3.00. The molecule has 0 aliphatic carbocycles. The number of anilines is 1. The molecular formula is C26H25Cl2N3O3S. The molecule has 4 rings (SSSR count). The first-order chi connectivity index (χ1) is 16.9. The number of carbonyl (C=O) groups is 2. The average Bonchev–Trinajstić information content (AvgIpc) is 3.32. The molecule has 1 aromatic heterocycles. The number of nitrogens with one attached hydrogen (secondary N) is 1. The Bertz CT molecular complexity index is 1200. The molecule has 9 heteroatoms. The molecule has 0 unspecified atom stereocenters. The van der Waals surface area contributed by atoms with Crippen molar-refractivity contribution < 1.29 is 14.3 Å². The fourth-order valence-corrected chi connectivity index (χ4v) is 5.22. The van der Waals surface area contributed by atoms with Crippen molar-refractivity contribution in [2.75, 3.05) is 31.6 Å². The molecule has 35 heavy (non-hydrogen) atoms. The Morgan fingerprint density at radius 3 is 2.71 bits per heavy atom. The number of amides is 3. The maximum Gasteiger partial charge on any atom is 0.322 e. The SMILES string of the molecule is C=CCN(CC(=O)N1CCc2sccc2[C@@H]1COc1ccc(Cl)cc1)C(=O)Nc1cccc(Cl)c1. The zero-order chi connectivity index (χ0) is 24.8. The van der Waals surface area contributed by atoms with Gasteiger partial charge >= 0.3 is 6.03 Å². The number of rotatable bonds is 8. The number of fused-ring (bicyclic) bond motifs is 1. The normalized spacial score (nSPS) is 14.7. The van der Waals surface area contributed by atoms with Crippen molar-refractivity contribution in [3.8, 4) is 5.75 Å². The fraction of sp³-hybridized carbons (Fsp3) is 0.231. The van der Waals surface area contributed by atoms with Crippen LogP contribution in [0.3, 0.4) is 0 Å². The maximum absolute atomic E-state index is 13.5. The van der Waals surface area contributed by atoms with E-state index < -0.39 is 6.03 Å². The zero-order valence-electron chi connectivity index (χ0n) is 19.0. The molecule has 182 valence electrons. The van der Waals surface area contributed by atoms with Crippen molar-refractivity contribution in [3.05, 3.63) is 93.1 Å². The smallest absolute Gasteiger partial charge is 0.322 e. The quantitative estimate of drug-likeness (QED) is 0.349. The minimum atomic E-state index is -0.400. The van der Waals surface area contributed by atoms with Crippen molar-refractivity contribution in [2.45, 2.75) is 12.5 Å². The highest BCUT2D eigenvalue weighted by Gasteiger charge is 2.33. The van der Waals surface area contributed by atoms with Gasteiger partial charge in [-0.25, -0.2) is 4.79 Å². The van der Waals surface area contributed by atoms with E-state index in [2.05, 4.69) is 11.9 Å². The van der Waals surface area contributed by atoms with Crippen LogP contribution in [-0.4, -0.2) is 48.0 Å². The molecule has 0 radical (unpaired) electrons. The zero-order valence-corrected chi connectivity index (χ0v) is 21.3. The first kappa shape index (κ1) is 25.1. The fourth-order valence-electron chi connectivity index (χ4n) is 3.98. The van der Waals surface area contributed by atoms with Gasteiger partial charge in [0.2, 0.25) is 5.91 Å². The second-order valence-electron chi connectivity index (χ2n) is 8.03. The molecule has 0 saturated heterocycles. The lowest BCUT2D eigenvalue weighted by atomic mass is 10.0. The molecule has 0 fully saturated rings. The third kappa shape index (κ3) is 6.36. The van der Waals surface area contributed by atoms with Gasteiger partial charge in [-0.1, -0.05) is 35.3 Å². The van der Waals surface area contributed by atoms with Gasteiger partial charge in [0.05, 0.1) is 6.04 Å². The Morgan fingerprint density at radius 1 is 1.17 bits per heavy atom. The number of hydrogen-bond acceptors (Lipinski definition) is 4. The van der Waals surface area contributed by atoms with Crippen molar-refractivity contribution in [2.24, 2.45) is 0 Å². The summed E-state index contributed by atoms with van der Waals surface area (Å²) in [6.45, 7) is 4.72. The summed E-state index contributed by atoms with van der Waals surface area (Å²) in [7, 11) is 0. The van der Waals surface area contributed by atoms with Crippen LogP contribution in [-0.2, 0) is 11.2 Å². The molecule has 1 atom stereocenters. The highest BCUT2D eigenvalue weighted by Crippen LogP contribution is 2.34. The molecule has 0 saturated carbocycles. The number of urea groups is 1. The summed E-state index contributed by atoms with van der Waals surface area (Å²) >= 11 is 13.7. The summed E-state index contributed by atoms with van der Waals surface area (Å²) in [6, 6.07) is 15.4. The number of halogens is 2. The van der Waals surface area contributed by atoms with Crippen LogP contribution in [0.1, 0.15) is 16.5 Å². The number of ether oxygens (including phenoxy) is 1. The van der Waals surface area contributed by atoms with Crippen LogP contribution in [0, 0.1) is 0 Å². The average molecular weight is 530 g/mol. The van der Waals surface area contributed by atoms with E-state index in [1.807, 2.05) is 11.4 Å². The van der Waals surface area contributed by atoms with Gasteiger partial charge in [-0.2, -0.15) is 0 Å². The van der Waals surface area contributed by atoms with Crippen LogP contribution in [0.15, 0.2) is 72.6 Å². The predicted octanol–water partition coefficient (Wildman–Crippen LogP) is 6.28. The van der Waals surface area contributed by atoms with Crippen molar-refractivity contribution >= 4 is 52.2 Å². The van der Waals surface area contributed by atoms with E-state index >= 15 is 0 Å². The number of hydrogen-bond donors (Lipinski definition) is 1. The molecule has 1 aliphatic heterocycles. The van der Waals surface area contributed by atoms with Gasteiger partial charge in [0.25, 0.3) is 0 Å². The molecule has 3 amide bonds. The molecule has 2 heterocycles. The third-order valence-corrected chi connectivity index (χ3v) is 7.16. The lowest BCUT2D eigenvalue weighted by molar-refractivity contribution is -0.135. The third-order valence-electron chi connectivity index (χ3n) is 5.68. The molecule has 0 bridgehead atoms. The number of carbonyl (C=O) groups excluding carboxylic acids is 2.